The molecule has 0 bridgehead atoms. The molecular weight excluding hydrogens is 176 g/mol. The first-order valence-electron chi connectivity index (χ1n) is 3.37. The zero-order valence-electron chi connectivity index (χ0n) is 6.38. The molecule has 0 aliphatic heterocycles. The van der Waals surface area contributed by atoms with Crippen LogP contribution in [0.25, 0.3) is 0 Å². The summed E-state index contributed by atoms with van der Waals surface area (Å²) >= 11 is -2.10. The van der Waals surface area contributed by atoms with E-state index in [1.165, 1.54) is 0 Å². The van der Waals surface area contributed by atoms with Gasteiger partial charge in [0.2, 0.25) is 11.3 Å². The lowest BCUT2D eigenvalue weighted by Crippen LogP contribution is -2.31. The minimum Gasteiger partial charge on any atom is -0.293 e. The molecule has 1 unspecified atom stereocenters. The third kappa shape index (κ3) is 2.71. The topological polar surface area (TPSA) is 66.6 Å². The molecule has 0 aliphatic carbocycles. The average Bonchev–Trinajstić information content (AvgIpc) is 2.06. The summed E-state index contributed by atoms with van der Waals surface area (Å²) < 4.78 is 19.8. The number of hydrazine groups is 1. The summed E-state index contributed by atoms with van der Waals surface area (Å²) in [7, 11) is 0. The SMILES string of the molecule is NN(Cc1ccccc1)S(=O)O. The fourth-order valence-corrected chi connectivity index (χ4v) is 1.08. The Balaban J connectivity index is 2.58. The number of nitrogens with two attached hydrogens (primary N) is 1. The molecule has 0 saturated carbocycles. The fraction of sp³-hybridized carbons (Fsp3) is 0.143. The van der Waals surface area contributed by atoms with Gasteiger partial charge in [0.05, 0.1) is 6.54 Å². The lowest BCUT2D eigenvalue weighted by Gasteiger charge is -2.09. The second-order valence-corrected chi connectivity index (χ2v) is 3.22. The normalized spacial score (nSPS) is 13.2. The van der Waals surface area contributed by atoms with E-state index in [9.17, 15) is 4.21 Å². The highest BCUT2D eigenvalue weighted by Gasteiger charge is 2.04. The van der Waals surface area contributed by atoms with Gasteiger partial charge in [-0.25, -0.2) is 4.21 Å². The Bertz CT molecular complexity index is 265. The van der Waals surface area contributed by atoms with E-state index in [1.54, 1.807) is 0 Å². The predicted octanol–water partition coefficient (Wildman–Crippen LogP) is 0.499. The van der Waals surface area contributed by atoms with Crippen molar-refractivity contribution in [3.05, 3.63) is 35.9 Å². The summed E-state index contributed by atoms with van der Waals surface area (Å²) in [5, 5.41) is 0. The Morgan fingerprint density at radius 2 is 2.00 bits per heavy atom. The molecule has 0 aromatic heterocycles. The quantitative estimate of drug-likeness (QED) is 0.410. The fourth-order valence-electron chi connectivity index (χ4n) is 0.819. The standard InChI is InChI=1S/C7H10N2O2S/c8-9(12(10)11)6-7-4-2-1-3-5-7/h1-5H,6,8H2,(H,10,11). The maximum Gasteiger partial charge on any atom is 0.248 e. The Morgan fingerprint density at radius 3 is 2.50 bits per heavy atom. The minimum atomic E-state index is -2.10. The smallest absolute Gasteiger partial charge is 0.248 e. The molecular formula is C7H10N2O2S. The van der Waals surface area contributed by atoms with Crippen molar-refractivity contribution >= 4 is 11.3 Å². The first kappa shape index (κ1) is 9.34. The van der Waals surface area contributed by atoms with Gasteiger partial charge in [0.1, 0.15) is 0 Å². The molecule has 0 spiro atoms. The second-order valence-electron chi connectivity index (χ2n) is 2.29. The number of nitrogens with zero attached hydrogens (tertiary/aromatic N) is 1. The van der Waals surface area contributed by atoms with Gasteiger partial charge in [-0.2, -0.15) is 0 Å². The molecule has 0 amide bonds. The van der Waals surface area contributed by atoms with Gasteiger partial charge in [-0.1, -0.05) is 30.3 Å². The van der Waals surface area contributed by atoms with Crippen LogP contribution in [0.2, 0.25) is 0 Å². The Labute approximate surface area is 73.4 Å². The second kappa shape index (κ2) is 4.32. The lowest BCUT2D eigenvalue weighted by atomic mass is 10.2. The van der Waals surface area contributed by atoms with E-state index in [2.05, 4.69) is 0 Å². The molecule has 12 heavy (non-hydrogen) atoms. The van der Waals surface area contributed by atoms with Crippen molar-refractivity contribution in [3.8, 4) is 0 Å². The molecule has 1 aromatic rings. The van der Waals surface area contributed by atoms with Crippen molar-refractivity contribution in [1.82, 2.24) is 4.41 Å². The van der Waals surface area contributed by atoms with Gasteiger partial charge in [-0.15, -0.1) is 4.41 Å². The first-order chi connectivity index (χ1) is 5.70. The zero-order chi connectivity index (χ0) is 8.97. The van der Waals surface area contributed by atoms with Crippen molar-refractivity contribution in [2.45, 2.75) is 6.54 Å². The molecule has 0 radical (unpaired) electrons. The number of benzene rings is 1. The molecule has 66 valence electrons. The van der Waals surface area contributed by atoms with Gasteiger partial charge in [0, 0.05) is 0 Å². The molecule has 0 aliphatic rings. The summed E-state index contributed by atoms with van der Waals surface area (Å²) in [6, 6.07) is 9.26. The van der Waals surface area contributed by atoms with Gasteiger partial charge in [0.15, 0.2) is 0 Å². The third-order valence-corrected chi connectivity index (χ3v) is 1.91. The Hall–Kier alpha value is -0.750. The maximum atomic E-state index is 10.4. The van der Waals surface area contributed by atoms with Crippen LogP contribution in [-0.2, 0) is 17.8 Å². The van der Waals surface area contributed by atoms with Gasteiger partial charge in [-0.3, -0.25) is 10.4 Å². The van der Waals surface area contributed by atoms with E-state index in [4.69, 9.17) is 10.4 Å². The average molecular weight is 186 g/mol. The van der Waals surface area contributed by atoms with Crippen LogP contribution in [0.1, 0.15) is 5.56 Å². The van der Waals surface area contributed by atoms with Crippen molar-refractivity contribution in [3.63, 3.8) is 0 Å². The van der Waals surface area contributed by atoms with Crippen LogP contribution in [0, 0.1) is 0 Å². The van der Waals surface area contributed by atoms with Gasteiger partial charge in [0.25, 0.3) is 0 Å². The molecule has 1 atom stereocenters. The van der Waals surface area contributed by atoms with E-state index in [-0.39, 0.29) is 6.54 Å². The van der Waals surface area contributed by atoms with Crippen molar-refractivity contribution in [2.75, 3.05) is 0 Å². The van der Waals surface area contributed by atoms with E-state index < -0.39 is 11.3 Å². The van der Waals surface area contributed by atoms with Gasteiger partial charge < -0.3 is 0 Å². The van der Waals surface area contributed by atoms with Crippen LogP contribution < -0.4 is 5.84 Å². The molecule has 0 fully saturated rings. The molecule has 0 saturated heterocycles. The number of hydrogen-bond donors (Lipinski definition) is 2. The number of rotatable bonds is 3. The van der Waals surface area contributed by atoms with Crippen LogP contribution in [0.4, 0.5) is 0 Å². The highest BCUT2D eigenvalue weighted by atomic mass is 32.2. The number of hydrogen-bond acceptors (Lipinski definition) is 2. The molecule has 3 N–H and O–H groups in total. The zero-order valence-corrected chi connectivity index (χ0v) is 7.20. The van der Waals surface area contributed by atoms with Crippen LogP contribution >= 0.6 is 0 Å². The van der Waals surface area contributed by atoms with E-state index >= 15 is 0 Å². The summed E-state index contributed by atoms with van der Waals surface area (Å²) in [5.74, 6) is 5.23. The largest absolute Gasteiger partial charge is 0.293 e. The van der Waals surface area contributed by atoms with Crippen LogP contribution in [-0.4, -0.2) is 13.2 Å². The predicted molar refractivity (Wildman–Crippen MR) is 46.9 cm³/mol. The van der Waals surface area contributed by atoms with Gasteiger partial charge >= 0.3 is 0 Å². The van der Waals surface area contributed by atoms with Crippen LogP contribution in [0.15, 0.2) is 30.3 Å². The lowest BCUT2D eigenvalue weighted by molar-refractivity contribution is 0.405. The van der Waals surface area contributed by atoms with E-state index in [1.807, 2.05) is 30.3 Å². The molecule has 0 heterocycles. The Kier molecular flexibility index (Phi) is 3.36. The van der Waals surface area contributed by atoms with Crippen LogP contribution in [0.3, 0.4) is 0 Å². The summed E-state index contributed by atoms with van der Waals surface area (Å²) in [4.78, 5) is 0. The molecule has 4 nitrogen and oxygen atoms in total. The third-order valence-electron chi connectivity index (χ3n) is 1.38. The summed E-state index contributed by atoms with van der Waals surface area (Å²) in [5.41, 5.74) is 0.905. The monoisotopic (exact) mass is 186 g/mol. The summed E-state index contributed by atoms with van der Waals surface area (Å²) in [6.45, 7) is 0.268. The summed E-state index contributed by atoms with van der Waals surface area (Å²) in [6.07, 6.45) is 0. The van der Waals surface area contributed by atoms with Crippen molar-refractivity contribution in [2.24, 2.45) is 5.84 Å². The van der Waals surface area contributed by atoms with Gasteiger partial charge in [-0.05, 0) is 5.56 Å². The molecule has 1 rings (SSSR count). The van der Waals surface area contributed by atoms with Crippen molar-refractivity contribution < 1.29 is 8.76 Å². The van der Waals surface area contributed by atoms with E-state index in [0.717, 1.165) is 9.98 Å². The first-order valence-corrected chi connectivity index (χ1v) is 4.43. The molecule has 1 aromatic carbocycles. The highest BCUT2D eigenvalue weighted by molar-refractivity contribution is 7.76. The van der Waals surface area contributed by atoms with Crippen LogP contribution in [0.5, 0.6) is 0 Å². The highest BCUT2D eigenvalue weighted by Crippen LogP contribution is 2.01. The van der Waals surface area contributed by atoms with Crippen molar-refractivity contribution in [1.29, 1.82) is 0 Å². The minimum absolute atomic E-state index is 0.268. The Morgan fingerprint density at radius 1 is 1.42 bits per heavy atom. The molecule has 5 heteroatoms. The maximum absolute atomic E-state index is 10.4. The van der Waals surface area contributed by atoms with E-state index in [0.29, 0.717) is 0 Å².